The number of aryl methyl sites for hydroxylation is 1. The van der Waals surface area contributed by atoms with Gasteiger partial charge >= 0.3 is 0 Å². The lowest BCUT2D eigenvalue weighted by Crippen LogP contribution is -2.17. The van der Waals surface area contributed by atoms with Gasteiger partial charge in [-0.25, -0.2) is 4.98 Å². The molecule has 0 aliphatic heterocycles. The first kappa shape index (κ1) is 11.7. The van der Waals surface area contributed by atoms with Crippen LogP contribution in [0.15, 0.2) is 4.79 Å². The number of nitrogens with two attached hydrogens (primary N) is 1. The van der Waals surface area contributed by atoms with Crippen molar-refractivity contribution >= 4 is 0 Å². The minimum atomic E-state index is -0.239. The van der Waals surface area contributed by atoms with E-state index in [9.17, 15) is 9.90 Å². The van der Waals surface area contributed by atoms with Gasteiger partial charge in [-0.2, -0.15) is 0 Å². The highest BCUT2D eigenvalue weighted by molar-refractivity contribution is 5.22. The molecule has 0 atom stereocenters. The smallest absolute Gasteiger partial charge is 0.257 e. The fourth-order valence-corrected chi connectivity index (χ4v) is 1.39. The van der Waals surface area contributed by atoms with E-state index in [1.54, 1.807) is 0 Å². The van der Waals surface area contributed by atoms with Crippen LogP contribution in [0.5, 0.6) is 5.88 Å². The molecule has 5 heteroatoms. The van der Waals surface area contributed by atoms with Crippen LogP contribution in [-0.4, -0.2) is 21.6 Å². The van der Waals surface area contributed by atoms with E-state index < -0.39 is 0 Å². The van der Waals surface area contributed by atoms with Gasteiger partial charge in [-0.05, 0) is 19.4 Å². The third-order valence-corrected chi connectivity index (χ3v) is 2.16. The summed E-state index contributed by atoms with van der Waals surface area (Å²) in [6.07, 6.45) is 2.69. The van der Waals surface area contributed by atoms with Gasteiger partial charge in [-0.1, -0.05) is 13.3 Å². The first-order chi connectivity index (χ1) is 7.19. The van der Waals surface area contributed by atoms with E-state index in [2.05, 4.69) is 9.97 Å². The number of hydrogen-bond acceptors (Lipinski definition) is 4. The lowest BCUT2D eigenvalue weighted by Gasteiger charge is -2.04. The Morgan fingerprint density at radius 3 is 2.73 bits per heavy atom. The maximum atomic E-state index is 11.5. The van der Waals surface area contributed by atoms with Crippen molar-refractivity contribution in [2.24, 2.45) is 5.73 Å². The van der Waals surface area contributed by atoms with Crippen LogP contribution >= 0.6 is 0 Å². The fraction of sp³-hybridized carbons (Fsp3) is 0.600. The third-order valence-electron chi connectivity index (χ3n) is 2.16. The normalized spacial score (nSPS) is 10.5. The number of rotatable bonds is 5. The predicted octanol–water partition coefficient (Wildman–Crippen LogP) is 0.319. The highest BCUT2D eigenvalue weighted by Crippen LogP contribution is 2.10. The minimum Gasteiger partial charge on any atom is -0.493 e. The number of aromatic nitrogens is 2. The average molecular weight is 211 g/mol. The number of H-pyrrole nitrogens is 1. The SMILES string of the molecule is CCCc1c(O)nc(CCCN)[nH]c1=O. The fourth-order valence-electron chi connectivity index (χ4n) is 1.39. The molecule has 0 bridgehead atoms. The molecular weight excluding hydrogens is 194 g/mol. The third kappa shape index (κ3) is 3.06. The van der Waals surface area contributed by atoms with E-state index in [1.165, 1.54) is 0 Å². The summed E-state index contributed by atoms with van der Waals surface area (Å²) in [5.74, 6) is 0.357. The average Bonchev–Trinajstić information content (AvgIpc) is 2.20. The van der Waals surface area contributed by atoms with E-state index in [0.717, 1.165) is 12.8 Å². The zero-order valence-electron chi connectivity index (χ0n) is 8.92. The van der Waals surface area contributed by atoms with Crippen molar-refractivity contribution < 1.29 is 5.11 Å². The second-order valence-corrected chi connectivity index (χ2v) is 3.46. The highest BCUT2D eigenvalue weighted by Gasteiger charge is 2.08. The zero-order valence-corrected chi connectivity index (χ0v) is 8.92. The zero-order chi connectivity index (χ0) is 11.3. The lowest BCUT2D eigenvalue weighted by atomic mass is 10.2. The molecule has 1 heterocycles. The number of aromatic amines is 1. The van der Waals surface area contributed by atoms with E-state index in [0.29, 0.717) is 30.8 Å². The van der Waals surface area contributed by atoms with E-state index in [1.807, 2.05) is 6.92 Å². The molecule has 0 saturated heterocycles. The molecule has 0 aliphatic carbocycles. The molecule has 0 amide bonds. The summed E-state index contributed by atoms with van der Waals surface area (Å²) in [5, 5.41) is 9.54. The summed E-state index contributed by atoms with van der Waals surface area (Å²) in [7, 11) is 0. The van der Waals surface area contributed by atoms with Crippen LogP contribution in [-0.2, 0) is 12.8 Å². The molecule has 1 rings (SSSR count). The molecule has 0 aliphatic rings. The van der Waals surface area contributed by atoms with Crippen LogP contribution in [0.4, 0.5) is 0 Å². The van der Waals surface area contributed by atoms with Gasteiger partial charge in [0.2, 0.25) is 5.88 Å². The molecule has 0 radical (unpaired) electrons. The van der Waals surface area contributed by atoms with Gasteiger partial charge < -0.3 is 15.8 Å². The Morgan fingerprint density at radius 2 is 2.20 bits per heavy atom. The summed E-state index contributed by atoms with van der Waals surface area (Å²) in [6.45, 7) is 2.49. The summed E-state index contributed by atoms with van der Waals surface area (Å²) >= 11 is 0. The molecule has 0 saturated carbocycles. The first-order valence-electron chi connectivity index (χ1n) is 5.20. The molecule has 1 aromatic heterocycles. The van der Waals surface area contributed by atoms with Crippen LogP contribution in [0, 0.1) is 0 Å². The van der Waals surface area contributed by atoms with Gasteiger partial charge in [0.1, 0.15) is 5.82 Å². The first-order valence-corrected chi connectivity index (χ1v) is 5.20. The number of nitrogens with one attached hydrogen (secondary N) is 1. The molecule has 0 spiro atoms. The molecular formula is C10H17N3O2. The maximum absolute atomic E-state index is 11.5. The molecule has 84 valence electrons. The summed E-state index contributed by atoms with van der Waals surface area (Å²) in [4.78, 5) is 18.1. The molecule has 5 nitrogen and oxygen atoms in total. The van der Waals surface area contributed by atoms with Crippen LogP contribution in [0.3, 0.4) is 0 Å². The van der Waals surface area contributed by atoms with Gasteiger partial charge in [-0.15, -0.1) is 0 Å². The molecule has 1 aromatic rings. The van der Waals surface area contributed by atoms with Crippen molar-refractivity contribution in [3.8, 4) is 5.88 Å². The largest absolute Gasteiger partial charge is 0.493 e. The van der Waals surface area contributed by atoms with Crippen molar-refractivity contribution in [3.05, 3.63) is 21.7 Å². The highest BCUT2D eigenvalue weighted by atomic mass is 16.3. The van der Waals surface area contributed by atoms with E-state index in [-0.39, 0.29) is 11.4 Å². The van der Waals surface area contributed by atoms with Crippen molar-refractivity contribution in [1.29, 1.82) is 0 Å². The Kier molecular flexibility index (Phi) is 4.30. The van der Waals surface area contributed by atoms with Crippen molar-refractivity contribution in [3.63, 3.8) is 0 Å². The topological polar surface area (TPSA) is 92.0 Å². The van der Waals surface area contributed by atoms with Crippen LogP contribution in [0.25, 0.3) is 0 Å². The standard InChI is InChI=1S/C10H17N3O2/c1-2-4-7-9(14)12-8(5-3-6-11)13-10(7)15/h2-6,11H2,1H3,(H2,12,13,14,15). The van der Waals surface area contributed by atoms with Gasteiger partial charge in [0.15, 0.2) is 0 Å². The lowest BCUT2D eigenvalue weighted by molar-refractivity contribution is 0.438. The summed E-state index contributed by atoms with van der Waals surface area (Å²) in [6, 6.07) is 0. The van der Waals surface area contributed by atoms with Crippen molar-refractivity contribution in [1.82, 2.24) is 9.97 Å². The maximum Gasteiger partial charge on any atom is 0.257 e. The van der Waals surface area contributed by atoms with Crippen molar-refractivity contribution in [2.45, 2.75) is 32.6 Å². The molecule has 0 unspecified atom stereocenters. The second-order valence-electron chi connectivity index (χ2n) is 3.46. The quantitative estimate of drug-likeness (QED) is 0.654. The Morgan fingerprint density at radius 1 is 1.47 bits per heavy atom. The Labute approximate surface area is 88.4 Å². The van der Waals surface area contributed by atoms with Gasteiger partial charge in [-0.3, -0.25) is 4.79 Å². The molecule has 0 fully saturated rings. The van der Waals surface area contributed by atoms with E-state index in [4.69, 9.17) is 5.73 Å². The number of aromatic hydroxyl groups is 1. The molecule has 4 N–H and O–H groups in total. The van der Waals surface area contributed by atoms with Crippen LogP contribution in [0.2, 0.25) is 0 Å². The second kappa shape index (κ2) is 5.50. The number of nitrogens with zero attached hydrogens (tertiary/aromatic N) is 1. The monoisotopic (exact) mass is 211 g/mol. The molecule has 0 aromatic carbocycles. The van der Waals surface area contributed by atoms with Crippen LogP contribution < -0.4 is 11.3 Å². The Hall–Kier alpha value is -1.36. The predicted molar refractivity (Wildman–Crippen MR) is 57.9 cm³/mol. The summed E-state index contributed by atoms with van der Waals surface area (Å²) < 4.78 is 0. The van der Waals surface area contributed by atoms with Gasteiger partial charge in [0.05, 0.1) is 5.56 Å². The summed E-state index contributed by atoms with van der Waals surface area (Å²) in [5.41, 5.74) is 5.48. The number of hydrogen-bond donors (Lipinski definition) is 3. The van der Waals surface area contributed by atoms with Crippen molar-refractivity contribution in [2.75, 3.05) is 6.54 Å². The van der Waals surface area contributed by atoms with E-state index >= 15 is 0 Å². The van der Waals surface area contributed by atoms with Gasteiger partial charge in [0.25, 0.3) is 5.56 Å². The Balaban J connectivity index is 2.92. The molecule has 15 heavy (non-hydrogen) atoms. The van der Waals surface area contributed by atoms with Gasteiger partial charge in [0, 0.05) is 6.42 Å². The Bertz CT molecular complexity index is 373. The minimum absolute atomic E-state index is 0.146. The van der Waals surface area contributed by atoms with Crippen LogP contribution in [0.1, 0.15) is 31.2 Å².